The minimum atomic E-state index is 0.0207. The minimum Gasteiger partial charge on any atom is -0.497 e. The summed E-state index contributed by atoms with van der Waals surface area (Å²) < 4.78 is 12.1. The molecule has 3 aromatic carbocycles. The van der Waals surface area contributed by atoms with Crippen LogP contribution < -0.4 is 4.74 Å². The molecule has 0 N–H and O–H groups in total. The molecule has 0 aliphatic carbocycles. The highest BCUT2D eigenvalue weighted by molar-refractivity contribution is 6.11. The molecule has 1 saturated heterocycles. The molecule has 3 aromatic rings. The van der Waals surface area contributed by atoms with Crippen molar-refractivity contribution >= 4 is 11.4 Å². The zero-order chi connectivity index (χ0) is 19.4. The lowest BCUT2D eigenvalue weighted by molar-refractivity contribution is -0.0203. The van der Waals surface area contributed by atoms with Gasteiger partial charge in [0.15, 0.2) is 0 Å². The van der Waals surface area contributed by atoms with Crippen molar-refractivity contribution in [3.05, 3.63) is 107 Å². The largest absolute Gasteiger partial charge is 0.497 e. The fourth-order valence-electron chi connectivity index (χ4n) is 4.95. The molecule has 142 valence electrons. The fraction of sp³-hybridized carbons (Fsp3) is 0.192. The number of hydrogen-bond donors (Lipinski definition) is 0. The minimum absolute atomic E-state index is 0.0207. The van der Waals surface area contributed by atoms with Crippen LogP contribution in [0.5, 0.6) is 5.75 Å². The Bertz CT molecular complexity index is 1160. The van der Waals surface area contributed by atoms with Gasteiger partial charge in [0.05, 0.1) is 30.7 Å². The first-order valence-electron chi connectivity index (χ1n) is 10.1. The van der Waals surface area contributed by atoms with E-state index in [1.54, 1.807) is 7.11 Å². The predicted octanol–water partition coefficient (Wildman–Crippen LogP) is 6.06. The second-order valence-electron chi connectivity index (χ2n) is 7.86. The van der Waals surface area contributed by atoms with Crippen LogP contribution in [0.2, 0.25) is 0 Å². The molecule has 3 aliphatic rings. The van der Waals surface area contributed by atoms with Gasteiger partial charge < -0.3 is 9.47 Å². The number of fused-ring (bicyclic) bond motifs is 9. The lowest BCUT2D eigenvalue weighted by Crippen LogP contribution is -2.19. The van der Waals surface area contributed by atoms with Gasteiger partial charge in [-0.1, -0.05) is 60.2 Å². The molecule has 3 heteroatoms. The first kappa shape index (κ1) is 16.8. The summed E-state index contributed by atoms with van der Waals surface area (Å²) in [5.41, 5.74) is 8.35. The first-order valence-corrected chi connectivity index (χ1v) is 10.1. The molecule has 6 rings (SSSR count). The third-order valence-corrected chi connectivity index (χ3v) is 6.29. The number of rotatable bonds is 2. The third kappa shape index (κ3) is 2.58. The molecule has 3 aliphatic heterocycles. The zero-order valence-corrected chi connectivity index (χ0v) is 16.2. The van der Waals surface area contributed by atoms with E-state index in [0.29, 0.717) is 0 Å². The van der Waals surface area contributed by atoms with E-state index >= 15 is 0 Å². The summed E-state index contributed by atoms with van der Waals surface area (Å²) in [6.45, 7) is 0. The van der Waals surface area contributed by atoms with E-state index in [4.69, 9.17) is 14.5 Å². The molecule has 3 nitrogen and oxygen atoms in total. The Morgan fingerprint density at radius 1 is 0.897 bits per heavy atom. The molecule has 2 bridgehead atoms. The van der Waals surface area contributed by atoms with E-state index in [1.807, 2.05) is 12.1 Å². The molecule has 3 atom stereocenters. The van der Waals surface area contributed by atoms with E-state index < -0.39 is 0 Å². The fourth-order valence-corrected chi connectivity index (χ4v) is 4.95. The summed E-state index contributed by atoms with van der Waals surface area (Å²) in [6.07, 6.45) is 3.33. The zero-order valence-electron chi connectivity index (χ0n) is 16.2. The standard InChI is InChI=1S/C26H21NO2/c1-28-18-11-12-22-21(15-18)25-17(13-23(27-22)16-7-3-2-4-8-16)14-24-19-9-5-6-10-20(19)26(25)29-24/h2-13,15,24-26H,14H2,1H3/t24-,25-,26-/m1/s1. The number of ether oxygens (including phenoxy) is 2. The van der Waals surface area contributed by atoms with Gasteiger partial charge >= 0.3 is 0 Å². The molecule has 0 unspecified atom stereocenters. The van der Waals surface area contributed by atoms with Crippen molar-refractivity contribution in [2.45, 2.75) is 24.5 Å². The van der Waals surface area contributed by atoms with Gasteiger partial charge in [0.25, 0.3) is 0 Å². The highest BCUT2D eigenvalue weighted by Crippen LogP contribution is 2.58. The monoisotopic (exact) mass is 379 g/mol. The summed E-state index contributed by atoms with van der Waals surface area (Å²) in [6, 6.07) is 25.3. The molecule has 0 spiro atoms. The van der Waals surface area contributed by atoms with Crippen LogP contribution in [0.1, 0.15) is 46.8 Å². The van der Waals surface area contributed by atoms with Crippen LogP contribution in [0, 0.1) is 0 Å². The molecule has 3 heterocycles. The first-order chi connectivity index (χ1) is 14.3. The third-order valence-electron chi connectivity index (χ3n) is 6.29. The van der Waals surface area contributed by atoms with Crippen LogP contribution in [-0.2, 0) is 4.74 Å². The van der Waals surface area contributed by atoms with E-state index in [0.717, 1.165) is 29.1 Å². The van der Waals surface area contributed by atoms with Crippen molar-refractivity contribution in [1.82, 2.24) is 0 Å². The molecular weight excluding hydrogens is 358 g/mol. The maximum Gasteiger partial charge on any atom is 0.119 e. The van der Waals surface area contributed by atoms with Gasteiger partial charge in [-0.05, 0) is 47.4 Å². The van der Waals surface area contributed by atoms with Crippen LogP contribution in [-0.4, -0.2) is 12.8 Å². The number of methoxy groups -OCH3 is 1. The van der Waals surface area contributed by atoms with Crippen molar-refractivity contribution in [3.63, 3.8) is 0 Å². The van der Waals surface area contributed by atoms with Gasteiger partial charge in [-0.3, -0.25) is 0 Å². The van der Waals surface area contributed by atoms with Crippen molar-refractivity contribution in [1.29, 1.82) is 0 Å². The van der Waals surface area contributed by atoms with E-state index in [-0.39, 0.29) is 18.1 Å². The Morgan fingerprint density at radius 3 is 2.52 bits per heavy atom. The van der Waals surface area contributed by atoms with Crippen molar-refractivity contribution in [2.75, 3.05) is 7.11 Å². The Kier molecular flexibility index (Phi) is 3.71. The van der Waals surface area contributed by atoms with Crippen molar-refractivity contribution in [3.8, 4) is 5.75 Å². The number of hydrogen-bond acceptors (Lipinski definition) is 3. The lowest BCUT2D eigenvalue weighted by Gasteiger charge is -2.33. The molecular formula is C26H21NO2. The average Bonchev–Trinajstić information content (AvgIpc) is 2.96. The van der Waals surface area contributed by atoms with Crippen LogP contribution in [0.25, 0.3) is 0 Å². The topological polar surface area (TPSA) is 30.8 Å². The molecule has 0 aromatic heterocycles. The van der Waals surface area contributed by atoms with Crippen molar-refractivity contribution < 1.29 is 9.47 Å². The summed E-state index contributed by atoms with van der Waals surface area (Å²) in [5.74, 6) is 1.000. The molecule has 29 heavy (non-hydrogen) atoms. The van der Waals surface area contributed by atoms with E-state index in [9.17, 15) is 0 Å². The summed E-state index contributed by atoms with van der Waals surface area (Å²) in [5, 5.41) is 0. The van der Waals surface area contributed by atoms with Crippen LogP contribution >= 0.6 is 0 Å². The molecule has 0 saturated carbocycles. The molecule has 0 amide bonds. The van der Waals surface area contributed by atoms with Gasteiger partial charge in [-0.25, -0.2) is 4.99 Å². The molecule has 0 radical (unpaired) electrons. The second kappa shape index (κ2) is 6.43. The maximum absolute atomic E-state index is 6.53. The number of allylic oxidation sites excluding steroid dienone is 1. The van der Waals surface area contributed by atoms with Gasteiger partial charge in [0, 0.05) is 11.5 Å². The lowest BCUT2D eigenvalue weighted by atomic mass is 9.81. The van der Waals surface area contributed by atoms with Gasteiger partial charge in [-0.2, -0.15) is 0 Å². The Morgan fingerprint density at radius 2 is 1.69 bits per heavy atom. The van der Waals surface area contributed by atoms with E-state index in [2.05, 4.69) is 66.7 Å². The SMILES string of the molecule is COc1ccc2c(c1)[C@H]1C(=CC(c3ccccc3)=N2)C[C@H]2O[C@@H]1c1ccccc12. The quantitative estimate of drug-likeness (QED) is 0.542. The Hall–Kier alpha value is -3.17. The van der Waals surface area contributed by atoms with Gasteiger partial charge in [0.2, 0.25) is 0 Å². The summed E-state index contributed by atoms with van der Waals surface area (Å²) in [7, 11) is 1.71. The van der Waals surface area contributed by atoms with Crippen LogP contribution in [0.3, 0.4) is 0 Å². The highest BCUT2D eigenvalue weighted by atomic mass is 16.5. The summed E-state index contributed by atoms with van der Waals surface area (Å²) >= 11 is 0. The predicted molar refractivity (Wildman–Crippen MR) is 114 cm³/mol. The maximum atomic E-state index is 6.53. The summed E-state index contributed by atoms with van der Waals surface area (Å²) in [4.78, 5) is 5.08. The second-order valence-corrected chi connectivity index (χ2v) is 7.86. The van der Waals surface area contributed by atoms with Gasteiger partial charge in [0.1, 0.15) is 5.75 Å². The van der Waals surface area contributed by atoms with Crippen molar-refractivity contribution in [2.24, 2.45) is 4.99 Å². The van der Waals surface area contributed by atoms with E-state index in [1.165, 1.54) is 22.3 Å². The Balaban J connectivity index is 1.58. The normalized spacial score (nSPS) is 23.8. The highest BCUT2D eigenvalue weighted by Gasteiger charge is 2.45. The number of nitrogens with zero attached hydrogens (tertiary/aromatic N) is 1. The van der Waals surface area contributed by atoms with Gasteiger partial charge in [-0.15, -0.1) is 0 Å². The number of aliphatic imine (C=N–C) groups is 1. The van der Waals surface area contributed by atoms with Crippen LogP contribution in [0.15, 0.2) is 89.4 Å². The molecule has 1 fully saturated rings. The smallest absolute Gasteiger partial charge is 0.119 e. The number of benzene rings is 3. The average molecular weight is 379 g/mol. The van der Waals surface area contributed by atoms with Crippen LogP contribution in [0.4, 0.5) is 5.69 Å². The Labute approximate surface area is 170 Å².